The molecular weight excluding hydrogens is 182 g/mol. The van der Waals surface area contributed by atoms with E-state index in [-0.39, 0.29) is 6.61 Å². The largest absolute Gasteiger partial charge is 0.466 e. The summed E-state index contributed by atoms with van der Waals surface area (Å²) < 4.78 is 29.0. The van der Waals surface area contributed by atoms with Gasteiger partial charge in [-0.05, 0) is 6.92 Å². The molecule has 2 unspecified atom stereocenters. The minimum atomic E-state index is -2.92. The molecular formula is C8H14F2O3. The highest BCUT2D eigenvalue weighted by Gasteiger charge is 2.31. The molecule has 0 aromatic heterocycles. The zero-order valence-electron chi connectivity index (χ0n) is 7.72. The van der Waals surface area contributed by atoms with Crippen LogP contribution in [0.5, 0.6) is 0 Å². The van der Waals surface area contributed by atoms with Gasteiger partial charge in [0.15, 0.2) is 0 Å². The van der Waals surface area contributed by atoms with Crippen LogP contribution in [-0.4, -0.2) is 30.2 Å². The molecule has 0 aliphatic rings. The van der Waals surface area contributed by atoms with E-state index in [1.54, 1.807) is 6.92 Å². The number of rotatable bonds is 5. The Hall–Kier alpha value is -0.710. The van der Waals surface area contributed by atoms with Gasteiger partial charge in [-0.15, -0.1) is 0 Å². The van der Waals surface area contributed by atoms with E-state index in [1.807, 2.05) is 0 Å². The predicted molar refractivity (Wildman–Crippen MR) is 42.4 cm³/mol. The minimum Gasteiger partial charge on any atom is -0.466 e. The molecule has 0 heterocycles. The quantitative estimate of drug-likeness (QED) is 0.672. The average molecular weight is 196 g/mol. The minimum absolute atomic E-state index is 0.184. The smallest absolute Gasteiger partial charge is 0.308 e. The van der Waals surface area contributed by atoms with E-state index in [2.05, 4.69) is 4.74 Å². The SMILES string of the molecule is CCOC(=O)C(C)CC(O)(F)CF. The lowest BCUT2D eigenvalue weighted by atomic mass is 10.0. The van der Waals surface area contributed by atoms with Gasteiger partial charge >= 0.3 is 5.97 Å². The number of halogens is 2. The first-order valence-corrected chi connectivity index (χ1v) is 4.07. The summed E-state index contributed by atoms with van der Waals surface area (Å²) in [5.41, 5.74) is 0. The first-order chi connectivity index (χ1) is 5.93. The monoisotopic (exact) mass is 196 g/mol. The number of carbonyl (C=O) groups excluding carboxylic acids is 1. The number of ether oxygens (including phenoxy) is 1. The van der Waals surface area contributed by atoms with Gasteiger partial charge in [-0.2, -0.15) is 0 Å². The maximum atomic E-state index is 12.6. The van der Waals surface area contributed by atoms with Crippen LogP contribution in [0.3, 0.4) is 0 Å². The van der Waals surface area contributed by atoms with Crippen molar-refractivity contribution >= 4 is 5.97 Å². The Kier molecular flexibility index (Phi) is 4.83. The second-order valence-electron chi connectivity index (χ2n) is 2.91. The molecule has 13 heavy (non-hydrogen) atoms. The van der Waals surface area contributed by atoms with Crippen LogP contribution in [0.2, 0.25) is 0 Å². The maximum Gasteiger partial charge on any atom is 0.308 e. The summed E-state index contributed by atoms with van der Waals surface area (Å²) in [7, 11) is 0. The Labute approximate surface area is 75.7 Å². The summed E-state index contributed by atoms with van der Waals surface area (Å²) >= 11 is 0. The first kappa shape index (κ1) is 12.3. The molecule has 0 radical (unpaired) electrons. The molecule has 0 aromatic carbocycles. The highest BCUT2D eigenvalue weighted by molar-refractivity contribution is 5.72. The van der Waals surface area contributed by atoms with Crippen LogP contribution in [-0.2, 0) is 9.53 Å². The Morgan fingerprint density at radius 1 is 1.69 bits per heavy atom. The van der Waals surface area contributed by atoms with Gasteiger partial charge in [0.25, 0.3) is 0 Å². The summed E-state index contributed by atoms with van der Waals surface area (Å²) in [6, 6.07) is 0. The van der Waals surface area contributed by atoms with Gasteiger partial charge in [0.2, 0.25) is 5.85 Å². The van der Waals surface area contributed by atoms with Crippen molar-refractivity contribution in [1.29, 1.82) is 0 Å². The molecule has 3 nitrogen and oxygen atoms in total. The molecule has 0 aliphatic carbocycles. The van der Waals surface area contributed by atoms with Gasteiger partial charge in [0.1, 0.15) is 6.67 Å². The van der Waals surface area contributed by atoms with Gasteiger partial charge in [0.05, 0.1) is 12.5 Å². The molecule has 0 aliphatic heterocycles. The Bertz CT molecular complexity index is 171. The molecule has 1 N–H and O–H groups in total. The van der Waals surface area contributed by atoms with Crippen molar-refractivity contribution in [3.8, 4) is 0 Å². The number of esters is 1. The third-order valence-corrected chi connectivity index (χ3v) is 1.51. The fraction of sp³-hybridized carbons (Fsp3) is 0.875. The molecule has 0 aromatic rings. The zero-order chi connectivity index (χ0) is 10.5. The van der Waals surface area contributed by atoms with Crippen LogP contribution in [0, 0.1) is 5.92 Å². The van der Waals surface area contributed by atoms with Gasteiger partial charge in [0, 0.05) is 6.42 Å². The van der Waals surface area contributed by atoms with Crippen molar-refractivity contribution < 1.29 is 23.4 Å². The summed E-state index contributed by atoms with van der Waals surface area (Å²) in [4.78, 5) is 10.9. The molecule has 0 saturated heterocycles. The van der Waals surface area contributed by atoms with Crippen molar-refractivity contribution in [2.24, 2.45) is 5.92 Å². The molecule has 5 heteroatoms. The summed E-state index contributed by atoms with van der Waals surface area (Å²) in [6.07, 6.45) is -0.581. The molecule has 0 rings (SSSR count). The zero-order valence-corrected chi connectivity index (χ0v) is 7.72. The summed E-state index contributed by atoms with van der Waals surface area (Å²) in [5, 5.41) is 8.66. The second-order valence-corrected chi connectivity index (χ2v) is 2.91. The first-order valence-electron chi connectivity index (χ1n) is 4.07. The van der Waals surface area contributed by atoms with Gasteiger partial charge in [-0.1, -0.05) is 6.92 Å². The van der Waals surface area contributed by atoms with Crippen molar-refractivity contribution in [3.05, 3.63) is 0 Å². The van der Waals surface area contributed by atoms with Crippen molar-refractivity contribution in [2.45, 2.75) is 26.1 Å². The molecule has 0 fully saturated rings. The lowest BCUT2D eigenvalue weighted by molar-refractivity contribution is -0.157. The third-order valence-electron chi connectivity index (χ3n) is 1.51. The van der Waals surface area contributed by atoms with E-state index < -0.39 is 30.8 Å². The number of hydrogen-bond donors (Lipinski definition) is 1. The second kappa shape index (κ2) is 5.11. The van der Waals surface area contributed by atoms with Gasteiger partial charge in [-0.25, -0.2) is 8.78 Å². The van der Waals surface area contributed by atoms with E-state index >= 15 is 0 Å². The lowest BCUT2D eigenvalue weighted by Crippen LogP contribution is -2.31. The van der Waals surface area contributed by atoms with E-state index in [0.717, 1.165) is 0 Å². The topological polar surface area (TPSA) is 46.5 Å². The lowest BCUT2D eigenvalue weighted by Gasteiger charge is -2.18. The Morgan fingerprint density at radius 3 is 2.62 bits per heavy atom. The van der Waals surface area contributed by atoms with Crippen molar-refractivity contribution in [2.75, 3.05) is 13.3 Å². The van der Waals surface area contributed by atoms with E-state index in [1.165, 1.54) is 6.92 Å². The molecule has 2 atom stereocenters. The van der Waals surface area contributed by atoms with Crippen LogP contribution in [0.25, 0.3) is 0 Å². The number of aliphatic hydroxyl groups is 1. The fourth-order valence-electron chi connectivity index (χ4n) is 0.892. The molecule has 0 bridgehead atoms. The average Bonchev–Trinajstić information content (AvgIpc) is 2.04. The standard InChI is InChI=1S/C8H14F2O3/c1-3-13-7(11)6(2)4-8(10,12)5-9/h6,12H,3-5H2,1-2H3. The molecule has 78 valence electrons. The van der Waals surface area contributed by atoms with Crippen LogP contribution in [0.15, 0.2) is 0 Å². The molecule has 0 amide bonds. The number of hydrogen-bond acceptors (Lipinski definition) is 3. The fourth-order valence-corrected chi connectivity index (χ4v) is 0.892. The van der Waals surface area contributed by atoms with Crippen LogP contribution < -0.4 is 0 Å². The van der Waals surface area contributed by atoms with Crippen LogP contribution in [0.4, 0.5) is 8.78 Å². The number of alkyl halides is 2. The van der Waals surface area contributed by atoms with Gasteiger partial charge in [-0.3, -0.25) is 4.79 Å². The summed E-state index contributed by atoms with van der Waals surface area (Å²) in [5.74, 6) is -4.40. The van der Waals surface area contributed by atoms with Crippen molar-refractivity contribution in [3.63, 3.8) is 0 Å². The van der Waals surface area contributed by atoms with Crippen LogP contribution in [0.1, 0.15) is 20.3 Å². The molecule has 0 saturated carbocycles. The summed E-state index contributed by atoms with van der Waals surface area (Å²) in [6.45, 7) is 1.65. The van der Waals surface area contributed by atoms with Crippen LogP contribution >= 0.6 is 0 Å². The number of carbonyl (C=O) groups is 1. The van der Waals surface area contributed by atoms with E-state index in [4.69, 9.17) is 5.11 Å². The Balaban J connectivity index is 3.99. The molecule has 0 spiro atoms. The maximum absolute atomic E-state index is 12.6. The highest BCUT2D eigenvalue weighted by Crippen LogP contribution is 2.20. The third kappa shape index (κ3) is 4.77. The highest BCUT2D eigenvalue weighted by atomic mass is 19.2. The van der Waals surface area contributed by atoms with E-state index in [0.29, 0.717) is 0 Å². The van der Waals surface area contributed by atoms with Gasteiger partial charge < -0.3 is 9.84 Å². The predicted octanol–water partition coefficient (Wildman–Crippen LogP) is 1.20. The normalized spacial score (nSPS) is 17.6. The Morgan fingerprint density at radius 2 is 2.23 bits per heavy atom. The van der Waals surface area contributed by atoms with Crippen molar-refractivity contribution in [1.82, 2.24) is 0 Å². The van der Waals surface area contributed by atoms with E-state index in [9.17, 15) is 13.6 Å².